The van der Waals surface area contributed by atoms with Crippen molar-refractivity contribution in [1.29, 1.82) is 0 Å². The molecule has 1 aliphatic heterocycles. The van der Waals surface area contributed by atoms with Gasteiger partial charge >= 0.3 is 0 Å². The minimum atomic E-state index is 0.718. The largest absolute Gasteiger partial charge is 0.371 e. The normalized spacial score (nSPS) is 17.9. The molecule has 1 saturated heterocycles. The molecule has 0 aliphatic carbocycles. The van der Waals surface area contributed by atoms with E-state index in [0.29, 0.717) is 0 Å². The Bertz CT molecular complexity index is 662. The fraction of sp³-hybridized carbons (Fsp3) is 0.500. The Morgan fingerprint density at radius 1 is 1.26 bits per heavy atom. The molecule has 1 N–H and O–H groups in total. The van der Waals surface area contributed by atoms with Gasteiger partial charge in [-0.05, 0) is 50.5 Å². The maximum atomic E-state index is 4.48. The molecule has 5 heteroatoms. The molecule has 0 radical (unpaired) electrons. The van der Waals surface area contributed by atoms with Crippen LogP contribution in [-0.2, 0) is 13.6 Å². The highest BCUT2D eigenvalue weighted by Gasteiger charge is 2.22. The third kappa shape index (κ3) is 3.78. The second-order valence-electron chi connectivity index (χ2n) is 6.48. The minimum absolute atomic E-state index is 0.718. The first-order valence-corrected chi connectivity index (χ1v) is 9.04. The molecular formula is C18H25BrN4. The molecule has 0 amide bonds. The fourth-order valence-electron chi connectivity index (χ4n) is 3.36. The van der Waals surface area contributed by atoms with E-state index in [2.05, 4.69) is 69.4 Å². The average Bonchev–Trinajstić information content (AvgIpc) is 3.08. The number of hydrogen-bond acceptors (Lipinski definition) is 3. The maximum Gasteiger partial charge on any atom is 0.0641 e. The van der Waals surface area contributed by atoms with Gasteiger partial charge in [0.05, 0.1) is 5.69 Å². The van der Waals surface area contributed by atoms with Crippen molar-refractivity contribution in [3.8, 4) is 0 Å². The summed E-state index contributed by atoms with van der Waals surface area (Å²) < 4.78 is 3.11. The van der Waals surface area contributed by atoms with Crippen molar-refractivity contribution in [2.24, 2.45) is 13.0 Å². The highest BCUT2D eigenvalue weighted by molar-refractivity contribution is 9.10. The van der Waals surface area contributed by atoms with E-state index >= 15 is 0 Å². The highest BCUT2D eigenvalue weighted by atomic mass is 79.9. The zero-order valence-corrected chi connectivity index (χ0v) is 15.7. The summed E-state index contributed by atoms with van der Waals surface area (Å²) in [5.41, 5.74) is 5.07. The smallest absolute Gasteiger partial charge is 0.0641 e. The maximum absolute atomic E-state index is 4.48. The first-order valence-electron chi connectivity index (χ1n) is 8.25. The van der Waals surface area contributed by atoms with Crippen molar-refractivity contribution in [1.82, 2.24) is 15.1 Å². The number of nitrogens with zero attached hydrogens (tertiary/aromatic N) is 3. The van der Waals surface area contributed by atoms with E-state index in [9.17, 15) is 0 Å². The molecule has 4 nitrogen and oxygen atoms in total. The average molecular weight is 377 g/mol. The summed E-state index contributed by atoms with van der Waals surface area (Å²) in [4.78, 5) is 2.49. The monoisotopic (exact) mass is 376 g/mol. The van der Waals surface area contributed by atoms with Gasteiger partial charge in [0.15, 0.2) is 0 Å². The van der Waals surface area contributed by atoms with Gasteiger partial charge in [0.25, 0.3) is 0 Å². The molecule has 1 aromatic carbocycles. The molecule has 3 rings (SSSR count). The quantitative estimate of drug-likeness (QED) is 0.867. The van der Waals surface area contributed by atoms with Crippen LogP contribution in [0.5, 0.6) is 0 Å². The predicted octanol–water partition coefficient (Wildman–Crippen LogP) is 3.42. The minimum Gasteiger partial charge on any atom is -0.371 e. The van der Waals surface area contributed by atoms with E-state index in [1.54, 1.807) is 0 Å². The number of aryl methyl sites for hydroxylation is 2. The second-order valence-corrected chi connectivity index (χ2v) is 7.40. The zero-order valence-electron chi connectivity index (χ0n) is 14.1. The molecule has 1 atom stereocenters. The second kappa shape index (κ2) is 7.05. The SMILES string of the molecule is Cc1nn(C)c(C)c1CNC[C@@H]1CCN(c2ccc(Br)cc2)C1. The molecular weight excluding hydrogens is 352 g/mol. The summed E-state index contributed by atoms with van der Waals surface area (Å²) in [6, 6.07) is 8.63. The number of anilines is 1. The third-order valence-corrected chi connectivity index (χ3v) is 5.40. The molecule has 2 aromatic rings. The van der Waals surface area contributed by atoms with Crippen LogP contribution in [-0.4, -0.2) is 29.4 Å². The van der Waals surface area contributed by atoms with Crippen LogP contribution in [0.25, 0.3) is 0 Å². The molecule has 1 aromatic heterocycles. The Morgan fingerprint density at radius 2 is 2.00 bits per heavy atom. The van der Waals surface area contributed by atoms with Crippen molar-refractivity contribution in [3.63, 3.8) is 0 Å². The number of hydrogen-bond donors (Lipinski definition) is 1. The number of rotatable bonds is 5. The lowest BCUT2D eigenvalue weighted by Crippen LogP contribution is -2.26. The summed E-state index contributed by atoms with van der Waals surface area (Å²) in [7, 11) is 2.01. The molecule has 1 aliphatic rings. The van der Waals surface area contributed by atoms with E-state index in [0.717, 1.165) is 42.3 Å². The number of benzene rings is 1. The summed E-state index contributed by atoms with van der Waals surface area (Å²) in [5.74, 6) is 0.718. The van der Waals surface area contributed by atoms with E-state index < -0.39 is 0 Å². The van der Waals surface area contributed by atoms with Gasteiger partial charge in [0.1, 0.15) is 0 Å². The van der Waals surface area contributed by atoms with Crippen LogP contribution in [0.2, 0.25) is 0 Å². The first-order chi connectivity index (χ1) is 11.0. The van der Waals surface area contributed by atoms with E-state index in [1.165, 1.54) is 23.4 Å². The number of nitrogens with one attached hydrogen (secondary N) is 1. The van der Waals surface area contributed by atoms with Crippen LogP contribution < -0.4 is 10.2 Å². The van der Waals surface area contributed by atoms with Gasteiger partial charge in [0, 0.05) is 54.6 Å². The Morgan fingerprint density at radius 3 is 2.65 bits per heavy atom. The highest BCUT2D eigenvalue weighted by Crippen LogP contribution is 2.25. The van der Waals surface area contributed by atoms with Gasteiger partial charge in [-0.3, -0.25) is 4.68 Å². The van der Waals surface area contributed by atoms with Gasteiger partial charge in [-0.1, -0.05) is 15.9 Å². The van der Waals surface area contributed by atoms with Crippen LogP contribution in [0.1, 0.15) is 23.4 Å². The standard InChI is InChI=1S/C18H25BrN4/c1-13-18(14(2)22(3)21-13)11-20-10-15-8-9-23(12-15)17-6-4-16(19)5-7-17/h4-7,15,20H,8-12H2,1-3H3/t15-/m0/s1. The van der Waals surface area contributed by atoms with Crippen molar-refractivity contribution in [3.05, 3.63) is 45.7 Å². The van der Waals surface area contributed by atoms with Crippen molar-refractivity contribution in [2.45, 2.75) is 26.8 Å². The number of aromatic nitrogens is 2. The number of halogens is 1. The van der Waals surface area contributed by atoms with E-state index in [1.807, 2.05) is 11.7 Å². The Balaban J connectivity index is 1.49. The molecule has 0 spiro atoms. The molecule has 0 saturated carbocycles. The summed E-state index contributed by atoms with van der Waals surface area (Å²) in [5, 5.41) is 8.12. The van der Waals surface area contributed by atoms with Gasteiger partial charge in [-0.15, -0.1) is 0 Å². The van der Waals surface area contributed by atoms with Crippen LogP contribution in [0.15, 0.2) is 28.7 Å². The van der Waals surface area contributed by atoms with Crippen LogP contribution >= 0.6 is 15.9 Å². The lowest BCUT2D eigenvalue weighted by molar-refractivity contribution is 0.515. The molecule has 0 unspecified atom stereocenters. The summed E-state index contributed by atoms with van der Waals surface area (Å²) >= 11 is 3.50. The van der Waals surface area contributed by atoms with Gasteiger partial charge in [-0.2, -0.15) is 5.10 Å². The molecule has 0 bridgehead atoms. The fourth-order valence-corrected chi connectivity index (χ4v) is 3.62. The van der Waals surface area contributed by atoms with Gasteiger partial charge < -0.3 is 10.2 Å². The molecule has 124 valence electrons. The first kappa shape index (κ1) is 16.5. The van der Waals surface area contributed by atoms with Crippen molar-refractivity contribution >= 4 is 21.6 Å². The lowest BCUT2D eigenvalue weighted by Gasteiger charge is -2.19. The Kier molecular flexibility index (Phi) is 5.07. The molecule has 1 fully saturated rings. The topological polar surface area (TPSA) is 33.1 Å². The zero-order chi connectivity index (χ0) is 16.4. The van der Waals surface area contributed by atoms with E-state index in [-0.39, 0.29) is 0 Å². The van der Waals surface area contributed by atoms with Gasteiger partial charge in [-0.25, -0.2) is 0 Å². The van der Waals surface area contributed by atoms with Crippen LogP contribution in [0, 0.1) is 19.8 Å². The lowest BCUT2D eigenvalue weighted by atomic mass is 10.1. The molecule has 23 heavy (non-hydrogen) atoms. The summed E-state index contributed by atoms with van der Waals surface area (Å²) in [6.45, 7) is 8.51. The van der Waals surface area contributed by atoms with Gasteiger partial charge in [0.2, 0.25) is 0 Å². The van der Waals surface area contributed by atoms with Crippen molar-refractivity contribution in [2.75, 3.05) is 24.5 Å². The third-order valence-electron chi connectivity index (χ3n) is 4.87. The van der Waals surface area contributed by atoms with Crippen molar-refractivity contribution < 1.29 is 0 Å². The van der Waals surface area contributed by atoms with Crippen LogP contribution in [0.3, 0.4) is 0 Å². The van der Waals surface area contributed by atoms with E-state index in [4.69, 9.17) is 0 Å². The van der Waals surface area contributed by atoms with Crippen LogP contribution in [0.4, 0.5) is 5.69 Å². The summed E-state index contributed by atoms with van der Waals surface area (Å²) in [6.07, 6.45) is 1.26. The Hall–Kier alpha value is -1.33. The predicted molar refractivity (Wildman–Crippen MR) is 98.9 cm³/mol. The molecule has 2 heterocycles. The Labute approximate surface area is 147 Å².